The molecule has 1 heterocycles. The molecule has 6 nitrogen and oxygen atoms in total. The average molecular weight is 287 g/mol. The molecule has 110 valence electrons. The minimum Gasteiger partial charge on any atom is -0.480 e. The first-order valence-electron chi connectivity index (χ1n) is 7.06. The topological polar surface area (TPSA) is 84.2 Å². The predicted molar refractivity (Wildman–Crippen MR) is 76.7 cm³/mol. The van der Waals surface area contributed by atoms with Gasteiger partial charge in [0.2, 0.25) is 5.91 Å². The molecule has 0 unspecified atom stereocenters. The van der Waals surface area contributed by atoms with E-state index >= 15 is 0 Å². The summed E-state index contributed by atoms with van der Waals surface area (Å²) < 4.78 is 1.59. The standard InChI is InChI=1S/C15H17N3O3/c19-13(17-15(14(20)21)7-3-4-8-15)10-18-12-6-2-1-5-11(12)9-16-18/h1-2,5-6,9H,3-4,7-8,10H2,(H,17,19)(H,20,21). The second kappa shape index (κ2) is 5.20. The molecule has 21 heavy (non-hydrogen) atoms. The second-order valence-corrected chi connectivity index (χ2v) is 5.50. The fourth-order valence-electron chi connectivity index (χ4n) is 2.97. The van der Waals surface area contributed by atoms with E-state index in [4.69, 9.17) is 0 Å². The van der Waals surface area contributed by atoms with Gasteiger partial charge < -0.3 is 10.4 Å². The molecule has 0 aliphatic heterocycles. The Bertz CT molecular complexity index is 686. The molecule has 0 radical (unpaired) electrons. The van der Waals surface area contributed by atoms with Crippen LogP contribution >= 0.6 is 0 Å². The predicted octanol–water partition coefficient (Wildman–Crippen LogP) is 1.55. The van der Waals surface area contributed by atoms with Crippen LogP contribution in [0.1, 0.15) is 25.7 Å². The highest BCUT2D eigenvalue weighted by Gasteiger charge is 2.42. The molecule has 0 atom stereocenters. The molecule has 0 bridgehead atoms. The van der Waals surface area contributed by atoms with Crippen molar-refractivity contribution in [2.45, 2.75) is 37.8 Å². The molecule has 2 aromatic rings. The third kappa shape index (κ3) is 2.49. The minimum atomic E-state index is -1.10. The Morgan fingerprint density at radius 2 is 2.00 bits per heavy atom. The van der Waals surface area contributed by atoms with Gasteiger partial charge in [-0.25, -0.2) is 4.79 Å². The van der Waals surface area contributed by atoms with Crippen LogP contribution in [0.25, 0.3) is 10.9 Å². The summed E-state index contributed by atoms with van der Waals surface area (Å²) in [5.74, 6) is -1.26. The van der Waals surface area contributed by atoms with Crippen molar-refractivity contribution in [2.24, 2.45) is 0 Å². The number of aliphatic carboxylic acids is 1. The van der Waals surface area contributed by atoms with Crippen LogP contribution < -0.4 is 5.32 Å². The van der Waals surface area contributed by atoms with E-state index in [1.54, 1.807) is 10.9 Å². The van der Waals surface area contributed by atoms with Crippen LogP contribution in [0.15, 0.2) is 30.5 Å². The minimum absolute atomic E-state index is 0.0303. The molecule has 1 aromatic heterocycles. The maximum atomic E-state index is 12.2. The number of carboxylic acids is 1. The van der Waals surface area contributed by atoms with Crippen LogP contribution in [0.5, 0.6) is 0 Å². The number of para-hydroxylation sites is 1. The number of fused-ring (bicyclic) bond motifs is 1. The van der Waals surface area contributed by atoms with Gasteiger partial charge in [-0.3, -0.25) is 9.48 Å². The molecule has 0 saturated heterocycles. The molecule has 1 aliphatic carbocycles. The molecule has 1 saturated carbocycles. The molecule has 2 N–H and O–H groups in total. The molecular formula is C15H17N3O3. The molecule has 0 spiro atoms. The zero-order chi connectivity index (χ0) is 14.9. The van der Waals surface area contributed by atoms with Gasteiger partial charge in [0.25, 0.3) is 0 Å². The summed E-state index contributed by atoms with van der Waals surface area (Å²) in [4.78, 5) is 23.6. The van der Waals surface area contributed by atoms with E-state index in [0.29, 0.717) is 12.8 Å². The molecule has 1 amide bonds. The number of amides is 1. The number of benzene rings is 1. The lowest BCUT2D eigenvalue weighted by molar-refractivity contribution is -0.147. The zero-order valence-electron chi connectivity index (χ0n) is 11.6. The van der Waals surface area contributed by atoms with Gasteiger partial charge in [0.1, 0.15) is 12.1 Å². The molecule has 1 fully saturated rings. The van der Waals surface area contributed by atoms with E-state index in [1.165, 1.54) is 0 Å². The van der Waals surface area contributed by atoms with E-state index < -0.39 is 11.5 Å². The molecular weight excluding hydrogens is 270 g/mol. The highest BCUT2D eigenvalue weighted by molar-refractivity contribution is 5.88. The van der Waals surface area contributed by atoms with E-state index in [9.17, 15) is 14.7 Å². The summed E-state index contributed by atoms with van der Waals surface area (Å²) in [6, 6.07) is 7.60. The SMILES string of the molecule is O=C(Cn1ncc2ccccc21)NC1(C(=O)O)CCCC1. The van der Waals surface area contributed by atoms with Crippen molar-refractivity contribution in [3.8, 4) is 0 Å². The third-order valence-electron chi connectivity index (χ3n) is 4.09. The summed E-state index contributed by atoms with van der Waals surface area (Å²) in [5, 5.41) is 17.2. The van der Waals surface area contributed by atoms with Crippen LogP contribution in [-0.2, 0) is 16.1 Å². The van der Waals surface area contributed by atoms with Crippen molar-refractivity contribution in [3.05, 3.63) is 30.5 Å². The smallest absolute Gasteiger partial charge is 0.329 e. The molecule has 3 rings (SSSR count). The Labute approximate surface area is 121 Å². The Kier molecular flexibility index (Phi) is 3.37. The van der Waals surface area contributed by atoms with Gasteiger partial charge in [-0.15, -0.1) is 0 Å². The molecule has 1 aliphatic rings. The van der Waals surface area contributed by atoms with Crippen LogP contribution in [0.2, 0.25) is 0 Å². The van der Waals surface area contributed by atoms with Gasteiger partial charge in [0.15, 0.2) is 0 Å². The summed E-state index contributed by atoms with van der Waals surface area (Å²) in [6.07, 6.45) is 4.35. The number of hydrogen-bond donors (Lipinski definition) is 2. The largest absolute Gasteiger partial charge is 0.480 e. The van der Waals surface area contributed by atoms with Crippen LogP contribution in [-0.4, -0.2) is 32.3 Å². The Morgan fingerprint density at radius 1 is 1.29 bits per heavy atom. The number of aromatic nitrogens is 2. The second-order valence-electron chi connectivity index (χ2n) is 5.50. The van der Waals surface area contributed by atoms with E-state index in [2.05, 4.69) is 10.4 Å². The van der Waals surface area contributed by atoms with Crippen LogP contribution in [0.4, 0.5) is 0 Å². The van der Waals surface area contributed by atoms with Crippen molar-refractivity contribution in [1.29, 1.82) is 0 Å². The lowest BCUT2D eigenvalue weighted by Crippen LogP contribution is -2.53. The van der Waals surface area contributed by atoms with Crippen molar-refractivity contribution in [2.75, 3.05) is 0 Å². The van der Waals surface area contributed by atoms with Crippen molar-refractivity contribution >= 4 is 22.8 Å². The lowest BCUT2D eigenvalue weighted by atomic mass is 9.98. The maximum Gasteiger partial charge on any atom is 0.329 e. The Morgan fingerprint density at radius 3 is 2.71 bits per heavy atom. The fourth-order valence-corrected chi connectivity index (χ4v) is 2.97. The van der Waals surface area contributed by atoms with Crippen LogP contribution in [0, 0.1) is 0 Å². The van der Waals surface area contributed by atoms with Crippen LogP contribution in [0.3, 0.4) is 0 Å². The van der Waals surface area contributed by atoms with E-state index in [1.807, 2.05) is 24.3 Å². The Balaban J connectivity index is 1.76. The highest BCUT2D eigenvalue weighted by atomic mass is 16.4. The Hall–Kier alpha value is -2.37. The van der Waals surface area contributed by atoms with E-state index in [0.717, 1.165) is 23.7 Å². The first-order valence-corrected chi connectivity index (χ1v) is 7.06. The summed E-state index contributed by atoms with van der Waals surface area (Å²) in [6.45, 7) is 0.0303. The highest BCUT2D eigenvalue weighted by Crippen LogP contribution is 2.29. The summed E-state index contributed by atoms with van der Waals surface area (Å²) >= 11 is 0. The van der Waals surface area contributed by atoms with Gasteiger partial charge in [0, 0.05) is 5.39 Å². The van der Waals surface area contributed by atoms with Gasteiger partial charge in [-0.1, -0.05) is 31.0 Å². The number of carbonyl (C=O) groups excluding carboxylic acids is 1. The summed E-state index contributed by atoms with van der Waals surface area (Å²) in [7, 11) is 0. The van der Waals surface area contributed by atoms with E-state index in [-0.39, 0.29) is 12.5 Å². The number of nitrogens with one attached hydrogen (secondary N) is 1. The number of carboxylic acid groups (broad SMARTS) is 1. The quantitative estimate of drug-likeness (QED) is 0.893. The number of hydrogen-bond acceptors (Lipinski definition) is 3. The normalized spacial score (nSPS) is 17.0. The zero-order valence-corrected chi connectivity index (χ0v) is 11.6. The number of rotatable bonds is 4. The maximum absolute atomic E-state index is 12.2. The van der Waals surface area contributed by atoms with Crippen molar-refractivity contribution in [1.82, 2.24) is 15.1 Å². The third-order valence-corrected chi connectivity index (χ3v) is 4.09. The average Bonchev–Trinajstić information content (AvgIpc) is 3.08. The summed E-state index contributed by atoms with van der Waals surface area (Å²) in [5.41, 5.74) is -0.233. The number of carbonyl (C=O) groups is 2. The van der Waals surface area contributed by atoms with Gasteiger partial charge >= 0.3 is 5.97 Å². The van der Waals surface area contributed by atoms with Gasteiger partial charge in [-0.2, -0.15) is 5.10 Å². The van der Waals surface area contributed by atoms with Crippen molar-refractivity contribution in [3.63, 3.8) is 0 Å². The van der Waals surface area contributed by atoms with Crippen molar-refractivity contribution < 1.29 is 14.7 Å². The fraction of sp³-hybridized carbons (Fsp3) is 0.400. The molecule has 1 aromatic carbocycles. The monoisotopic (exact) mass is 287 g/mol. The first kappa shape index (κ1) is 13.6. The number of nitrogens with zero attached hydrogens (tertiary/aromatic N) is 2. The van der Waals surface area contributed by atoms with Gasteiger partial charge in [-0.05, 0) is 18.9 Å². The molecule has 6 heteroatoms. The lowest BCUT2D eigenvalue weighted by Gasteiger charge is -2.25. The van der Waals surface area contributed by atoms with Gasteiger partial charge in [0.05, 0.1) is 11.7 Å². The first-order chi connectivity index (χ1) is 10.1.